The van der Waals surface area contributed by atoms with Crippen LogP contribution in [0.4, 0.5) is 5.69 Å². The van der Waals surface area contributed by atoms with Crippen LogP contribution in [0.25, 0.3) is 0 Å². The van der Waals surface area contributed by atoms with Crippen LogP contribution >= 0.6 is 0 Å². The Morgan fingerprint density at radius 2 is 2.00 bits per heavy atom. The number of nitrogens with one attached hydrogen (secondary N) is 1. The number of aryl methyl sites for hydroxylation is 3. The number of anilines is 1. The Labute approximate surface area is 112 Å². The highest BCUT2D eigenvalue weighted by Crippen LogP contribution is 2.20. The van der Waals surface area contributed by atoms with Crippen molar-refractivity contribution in [1.82, 2.24) is 0 Å². The van der Waals surface area contributed by atoms with E-state index in [1.807, 2.05) is 13.8 Å². The first-order valence-electron chi connectivity index (χ1n) is 6.11. The molecule has 0 spiro atoms. The Kier molecular flexibility index (Phi) is 3.60. The van der Waals surface area contributed by atoms with Crippen molar-refractivity contribution in [3.63, 3.8) is 0 Å². The lowest BCUT2D eigenvalue weighted by Crippen LogP contribution is -2.01. The molecule has 1 heterocycles. The normalized spacial score (nSPS) is 10.5. The second-order valence-electron chi connectivity index (χ2n) is 4.67. The Bertz CT molecular complexity index is 614. The van der Waals surface area contributed by atoms with Gasteiger partial charge in [0.15, 0.2) is 0 Å². The van der Waals surface area contributed by atoms with Crippen LogP contribution < -0.4 is 5.32 Å². The van der Waals surface area contributed by atoms with Crippen LogP contribution in [0.2, 0.25) is 0 Å². The number of aromatic carboxylic acids is 1. The summed E-state index contributed by atoms with van der Waals surface area (Å²) in [5, 5.41) is 12.2. The molecule has 0 aliphatic heterocycles. The number of benzene rings is 1. The monoisotopic (exact) mass is 259 g/mol. The van der Waals surface area contributed by atoms with Gasteiger partial charge in [-0.2, -0.15) is 0 Å². The predicted molar refractivity (Wildman–Crippen MR) is 73.6 cm³/mol. The molecule has 0 fully saturated rings. The van der Waals surface area contributed by atoms with Gasteiger partial charge in [-0.1, -0.05) is 12.1 Å². The number of hydrogen-bond acceptors (Lipinski definition) is 3. The molecule has 4 nitrogen and oxygen atoms in total. The van der Waals surface area contributed by atoms with Crippen LogP contribution in [0, 0.1) is 20.8 Å². The number of carboxylic acid groups (broad SMARTS) is 1. The van der Waals surface area contributed by atoms with Gasteiger partial charge in [0.05, 0.1) is 0 Å². The SMILES string of the molecule is Cc1ccc(C)c(NCc2cc(C(=O)O)oc2C)c1. The van der Waals surface area contributed by atoms with Crippen LogP contribution in [-0.4, -0.2) is 11.1 Å². The fourth-order valence-electron chi connectivity index (χ4n) is 1.92. The maximum Gasteiger partial charge on any atom is 0.371 e. The van der Waals surface area contributed by atoms with E-state index >= 15 is 0 Å². The first kappa shape index (κ1) is 13.2. The summed E-state index contributed by atoms with van der Waals surface area (Å²) in [6.45, 7) is 6.39. The topological polar surface area (TPSA) is 62.5 Å². The van der Waals surface area contributed by atoms with Crippen LogP contribution in [0.5, 0.6) is 0 Å². The third-order valence-electron chi connectivity index (χ3n) is 3.09. The Morgan fingerprint density at radius 1 is 1.26 bits per heavy atom. The summed E-state index contributed by atoms with van der Waals surface area (Å²) in [4.78, 5) is 10.8. The Hall–Kier alpha value is -2.23. The number of furan rings is 1. The van der Waals surface area contributed by atoms with E-state index in [2.05, 4.69) is 23.5 Å². The summed E-state index contributed by atoms with van der Waals surface area (Å²) in [6.07, 6.45) is 0. The van der Waals surface area contributed by atoms with Crippen LogP contribution in [0.15, 0.2) is 28.7 Å². The molecule has 2 N–H and O–H groups in total. The lowest BCUT2D eigenvalue weighted by Gasteiger charge is -2.09. The summed E-state index contributed by atoms with van der Waals surface area (Å²) < 4.78 is 5.18. The minimum atomic E-state index is -1.04. The maximum atomic E-state index is 10.8. The molecule has 0 amide bonds. The van der Waals surface area contributed by atoms with E-state index in [4.69, 9.17) is 9.52 Å². The van der Waals surface area contributed by atoms with Crippen molar-refractivity contribution in [2.45, 2.75) is 27.3 Å². The quantitative estimate of drug-likeness (QED) is 0.881. The molecule has 0 bridgehead atoms. The molecule has 0 radical (unpaired) electrons. The molecule has 2 rings (SSSR count). The third-order valence-corrected chi connectivity index (χ3v) is 3.09. The van der Waals surface area contributed by atoms with Gasteiger partial charge in [-0.15, -0.1) is 0 Å². The molecule has 4 heteroatoms. The molecule has 0 saturated carbocycles. The molecule has 0 saturated heterocycles. The van der Waals surface area contributed by atoms with Gasteiger partial charge < -0.3 is 14.8 Å². The van der Waals surface area contributed by atoms with Crippen LogP contribution in [0.3, 0.4) is 0 Å². The second-order valence-corrected chi connectivity index (χ2v) is 4.67. The Balaban J connectivity index is 2.14. The van der Waals surface area contributed by atoms with Gasteiger partial charge in [0.25, 0.3) is 0 Å². The molecule has 0 aliphatic carbocycles. The van der Waals surface area contributed by atoms with E-state index in [0.29, 0.717) is 12.3 Å². The maximum absolute atomic E-state index is 10.8. The molecular weight excluding hydrogens is 242 g/mol. The van der Waals surface area contributed by atoms with Gasteiger partial charge in [-0.3, -0.25) is 0 Å². The van der Waals surface area contributed by atoms with Crippen molar-refractivity contribution in [1.29, 1.82) is 0 Å². The fourth-order valence-corrected chi connectivity index (χ4v) is 1.92. The molecule has 1 aromatic carbocycles. The first-order chi connectivity index (χ1) is 8.97. The van der Waals surface area contributed by atoms with Crippen molar-refractivity contribution in [2.24, 2.45) is 0 Å². The fraction of sp³-hybridized carbons (Fsp3) is 0.267. The standard InChI is InChI=1S/C15H17NO3/c1-9-4-5-10(2)13(6-9)16-8-12-7-14(15(17)18)19-11(12)3/h4-7,16H,8H2,1-3H3,(H,17,18). The van der Waals surface area contributed by atoms with Crippen molar-refractivity contribution < 1.29 is 14.3 Å². The van der Waals surface area contributed by atoms with Gasteiger partial charge in [-0.05, 0) is 44.0 Å². The minimum Gasteiger partial charge on any atom is -0.475 e. The molecule has 0 atom stereocenters. The Morgan fingerprint density at radius 3 is 2.63 bits per heavy atom. The van der Waals surface area contributed by atoms with Crippen molar-refractivity contribution in [3.8, 4) is 0 Å². The summed E-state index contributed by atoms with van der Waals surface area (Å²) in [7, 11) is 0. The molecular formula is C15H17NO3. The van der Waals surface area contributed by atoms with Crippen molar-refractivity contribution >= 4 is 11.7 Å². The molecule has 100 valence electrons. The van der Waals surface area contributed by atoms with Gasteiger partial charge in [0.2, 0.25) is 5.76 Å². The van der Waals surface area contributed by atoms with E-state index in [-0.39, 0.29) is 5.76 Å². The summed E-state index contributed by atoms with van der Waals surface area (Å²) in [5.74, 6) is -0.424. The highest BCUT2D eigenvalue weighted by Gasteiger charge is 2.12. The minimum absolute atomic E-state index is 0.0183. The zero-order valence-corrected chi connectivity index (χ0v) is 11.3. The van der Waals surface area contributed by atoms with E-state index in [9.17, 15) is 4.79 Å². The first-order valence-corrected chi connectivity index (χ1v) is 6.11. The van der Waals surface area contributed by atoms with E-state index in [0.717, 1.165) is 16.8 Å². The predicted octanol–water partition coefficient (Wildman–Crippen LogP) is 3.52. The smallest absolute Gasteiger partial charge is 0.371 e. The highest BCUT2D eigenvalue weighted by atomic mass is 16.4. The van der Waals surface area contributed by atoms with Crippen LogP contribution in [-0.2, 0) is 6.54 Å². The third kappa shape index (κ3) is 2.96. The molecule has 0 unspecified atom stereocenters. The highest BCUT2D eigenvalue weighted by molar-refractivity contribution is 5.84. The molecule has 1 aromatic heterocycles. The average molecular weight is 259 g/mol. The number of hydrogen-bond donors (Lipinski definition) is 2. The molecule has 0 aliphatic rings. The van der Waals surface area contributed by atoms with Crippen molar-refractivity contribution in [2.75, 3.05) is 5.32 Å². The summed E-state index contributed by atoms with van der Waals surface area (Å²) >= 11 is 0. The van der Waals surface area contributed by atoms with Gasteiger partial charge in [0, 0.05) is 17.8 Å². The number of rotatable bonds is 4. The average Bonchev–Trinajstić information content (AvgIpc) is 2.72. The summed E-state index contributed by atoms with van der Waals surface area (Å²) in [6, 6.07) is 7.76. The zero-order chi connectivity index (χ0) is 14.0. The molecule has 2 aromatic rings. The van der Waals surface area contributed by atoms with E-state index in [1.54, 1.807) is 13.0 Å². The molecule has 19 heavy (non-hydrogen) atoms. The van der Waals surface area contributed by atoms with Gasteiger partial charge in [0.1, 0.15) is 5.76 Å². The number of carboxylic acids is 1. The second kappa shape index (κ2) is 5.18. The largest absolute Gasteiger partial charge is 0.475 e. The van der Waals surface area contributed by atoms with Gasteiger partial charge in [-0.25, -0.2) is 4.79 Å². The van der Waals surface area contributed by atoms with Crippen LogP contribution in [0.1, 0.15) is 33.0 Å². The van der Waals surface area contributed by atoms with E-state index in [1.165, 1.54) is 5.56 Å². The van der Waals surface area contributed by atoms with Gasteiger partial charge >= 0.3 is 5.97 Å². The lowest BCUT2D eigenvalue weighted by molar-refractivity contribution is 0.0661. The van der Waals surface area contributed by atoms with Crippen molar-refractivity contribution in [3.05, 3.63) is 52.5 Å². The lowest BCUT2D eigenvalue weighted by atomic mass is 10.1. The summed E-state index contributed by atoms with van der Waals surface area (Å²) in [5.41, 5.74) is 4.25. The number of carbonyl (C=O) groups is 1. The van der Waals surface area contributed by atoms with E-state index < -0.39 is 5.97 Å². The zero-order valence-electron chi connectivity index (χ0n) is 11.3.